The largest absolute Gasteiger partial charge is 0.456 e. The summed E-state index contributed by atoms with van der Waals surface area (Å²) in [7, 11) is 0. The number of nitrogens with zero attached hydrogens (tertiary/aromatic N) is 1. The van der Waals surface area contributed by atoms with E-state index >= 15 is 0 Å². The van der Waals surface area contributed by atoms with Gasteiger partial charge in [0, 0.05) is 16.8 Å². The number of furan rings is 1. The molecule has 0 fully saturated rings. The maximum Gasteiger partial charge on any atom is 0.137 e. The van der Waals surface area contributed by atoms with Crippen molar-refractivity contribution in [1.29, 1.82) is 0 Å². The van der Waals surface area contributed by atoms with E-state index in [9.17, 15) is 0 Å². The Bertz CT molecular complexity index is 3600. The molecule has 3 aliphatic rings. The summed E-state index contributed by atoms with van der Waals surface area (Å²) in [6.45, 7) is 0. The van der Waals surface area contributed by atoms with Crippen LogP contribution >= 0.6 is 0 Å². The van der Waals surface area contributed by atoms with Gasteiger partial charge in [-0.25, -0.2) is 0 Å². The van der Waals surface area contributed by atoms with Crippen LogP contribution in [-0.4, -0.2) is 0 Å². The van der Waals surface area contributed by atoms with Gasteiger partial charge in [0.05, 0.1) is 21.9 Å². The molecule has 64 heavy (non-hydrogen) atoms. The van der Waals surface area contributed by atoms with E-state index in [0.29, 0.717) is 0 Å². The van der Waals surface area contributed by atoms with Crippen molar-refractivity contribution in [2.45, 2.75) is 10.8 Å². The Kier molecular flexibility index (Phi) is 7.28. The highest BCUT2D eigenvalue weighted by Gasteiger charge is 2.66. The Balaban J connectivity index is 1.14. The lowest BCUT2D eigenvalue weighted by Gasteiger charge is -2.62. The second-order valence-corrected chi connectivity index (χ2v) is 17.5. The molecule has 0 spiro atoms. The Hall–Kier alpha value is -8.20. The van der Waals surface area contributed by atoms with Crippen molar-refractivity contribution in [2.75, 3.05) is 4.90 Å². The molecule has 0 radical (unpaired) electrons. The van der Waals surface area contributed by atoms with Crippen LogP contribution in [0.15, 0.2) is 241 Å². The summed E-state index contributed by atoms with van der Waals surface area (Å²) in [6.07, 6.45) is 0. The van der Waals surface area contributed by atoms with Crippen molar-refractivity contribution in [3.63, 3.8) is 0 Å². The van der Waals surface area contributed by atoms with Gasteiger partial charge >= 0.3 is 0 Å². The molecule has 3 aliphatic carbocycles. The van der Waals surface area contributed by atoms with Crippen LogP contribution in [0.25, 0.3) is 66.4 Å². The molecule has 0 aliphatic heterocycles. The third kappa shape index (κ3) is 4.44. The van der Waals surface area contributed by atoms with Gasteiger partial charge in [-0.15, -0.1) is 0 Å². The summed E-state index contributed by atoms with van der Waals surface area (Å²) in [5.41, 5.74) is 21.7. The Morgan fingerprint density at radius 1 is 0.297 bits per heavy atom. The first kappa shape index (κ1) is 35.4. The van der Waals surface area contributed by atoms with E-state index in [1.165, 1.54) is 77.9 Å². The molecule has 0 N–H and O–H groups in total. The van der Waals surface area contributed by atoms with Gasteiger partial charge in [0.25, 0.3) is 0 Å². The van der Waals surface area contributed by atoms with Gasteiger partial charge in [-0.1, -0.05) is 194 Å². The highest BCUT2D eigenvalue weighted by Crippen LogP contribution is 2.73. The quantitative estimate of drug-likeness (QED) is 0.176. The van der Waals surface area contributed by atoms with Crippen molar-refractivity contribution in [3.8, 4) is 44.5 Å². The van der Waals surface area contributed by atoms with E-state index in [1.54, 1.807) is 0 Å². The van der Waals surface area contributed by atoms with Crippen molar-refractivity contribution < 1.29 is 4.42 Å². The predicted molar refractivity (Wildman–Crippen MR) is 263 cm³/mol. The normalized spacial score (nSPS) is 17.2. The molecule has 11 aromatic rings. The van der Waals surface area contributed by atoms with E-state index < -0.39 is 10.8 Å². The fourth-order valence-electron chi connectivity index (χ4n) is 12.3. The molecule has 0 saturated carbocycles. The highest BCUT2D eigenvalue weighted by atomic mass is 16.3. The van der Waals surface area contributed by atoms with E-state index in [2.05, 4.69) is 241 Å². The standard InChI is InChI=1S/C62H39NO/c1-2-17-40(18-3-1)41-33-35-42(36-34-41)63(57-30-16-32-59-60(57)50-24-9-15-31-58(50)64-59)43-37-38-49-48-23-8-12-27-53(48)61-51-25-10-4-19-44(51)46-21-6-13-28-54(46)62(61,56(49)39-43)55-29-14-7-22-47(55)45-20-5-11-26-52(45)61/h1-39H. The zero-order valence-corrected chi connectivity index (χ0v) is 34.9. The van der Waals surface area contributed by atoms with Crippen LogP contribution in [0.1, 0.15) is 33.4 Å². The number of para-hydroxylation sites is 1. The molecule has 1 heterocycles. The lowest BCUT2D eigenvalue weighted by molar-refractivity contribution is 0.405. The van der Waals surface area contributed by atoms with Crippen LogP contribution < -0.4 is 4.90 Å². The van der Waals surface area contributed by atoms with Crippen LogP contribution in [0.4, 0.5) is 17.1 Å². The molecule has 14 rings (SSSR count). The summed E-state index contributed by atoms with van der Waals surface area (Å²) in [5, 5.41) is 2.19. The topological polar surface area (TPSA) is 16.4 Å². The van der Waals surface area contributed by atoms with Gasteiger partial charge in [-0.05, 0) is 120 Å². The molecule has 0 bridgehead atoms. The molecule has 1 aromatic heterocycles. The maximum atomic E-state index is 6.58. The fraction of sp³-hybridized carbons (Fsp3) is 0.0323. The predicted octanol–water partition coefficient (Wildman–Crippen LogP) is 16.0. The minimum Gasteiger partial charge on any atom is -0.456 e. The average Bonchev–Trinajstić information content (AvgIpc) is 3.76. The molecule has 0 atom stereocenters. The van der Waals surface area contributed by atoms with E-state index in [-0.39, 0.29) is 0 Å². The van der Waals surface area contributed by atoms with Gasteiger partial charge in [-0.3, -0.25) is 0 Å². The first-order valence-corrected chi connectivity index (χ1v) is 22.3. The van der Waals surface area contributed by atoms with Crippen LogP contribution in [0.2, 0.25) is 0 Å². The lowest BCUT2D eigenvalue weighted by Crippen LogP contribution is -2.58. The SMILES string of the molecule is c1ccc(-c2ccc(N(c3ccc4c(c3)C35c6ccccc6-c6ccccc6C3(c3ccccc3-c3ccccc35)c3ccccc3-4)c3cccc4oc5ccccc5c34)cc2)cc1. The van der Waals surface area contributed by atoms with E-state index in [1.807, 2.05) is 0 Å². The Morgan fingerprint density at radius 2 is 0.719 bits per heavy atom. The summed E-state index contributed by atoms with van der Waals surface area (Å²) in [6, 6.07) is 88.1. The highest BCUT2D eigenvalue weighted by molar-refractivity contribution is 6.13. The summed E-state index contributed by atoms with van der Waals surface area (Å²) in [4.78, 5) is 2.46. The van der Waals surface area contributed by atoms with Crippen LogP contribution in [-0.2, 0) is 10.8 Å². The van der Waals surface area contributed by atoms with Crippen LogP contribution in [0.3, 0.4) is 0 Å². The van der Waals surface area contributed by atoms with Crippen LogP contribution in [0, 0.1) is 0 Å². The third-order valence-electron chi connectivity index (χ3n) is 14.6. The monoisotopic (exact) mass is 813 g/mol. The molecule has 0 saturated heterocycles. The van der Waals surface area contributed by atoms with Gasteiger partial charge in [0.1, 0.15) is 11.2 Å². The number of hydrogen-bond acceptors (Lipinski definition) is 2. The van der Waals surface area contributed by atoms with E-state index in [0.717, 1.165) is 39.0 Å². The number of anilines is 3. The van der Waals surface area contributed by atoms with Gasteiger partial charge in [0.2, 0.25) is 0 Å². The van der Waals surface area contributed by atoms with E-state index in [4.69, 9.17) is 4.42 Å². The molecular weight excluding hydrogens is 775 g/mol. The molecule has 0 amide bonds. The second-order valence-electron chi connectivity index (χ2n) is 17.5. The Morgan fingerprint density at radius 3 is 1.28 bits per heavy atom. The maximum absolute atomic E-state index is 6.58. The summed E-state index contributed by atoms with van der Waals surface area (Å²) < 4.78 is 6.58. The number of fused-ring (bicyclic) bond motifs is 12. The zero-order chi connectivity index (χ0) is 42.0. The lowest BCUT2D eigenvalue weighted by atomic mass is 9.38. The average molecular weight is 814 g/mol. The summed E-state index contributed by atoms with van der Waals surface area (Å²) in [5.74, 6) is 0. The second kappa shape index (κ2) is 13.2. The molecule has 298 valence electrons. The number of rotatable bonds is 4. The number of benzene rings is 10. The Labute approximate surface area is 372 Å². The molecule has 2 nitrogen and oxygen atoms in total. The first-order valence-electron chi connectivity index (χ1n) is 22.3. The minimum absolute atomic E-state index is 0.617. The molecule has 0 unspecified atom stereocenters. The summed E-state index contributed by atoms with van der Waals surface area (Å²) >= 11 is 0. The van der Waals surface area contributed by atoms with Gasteiger partial charge < -0.3 is 9.32 Å². The third-order valence-corrected chi connectivity index (χ3v) is 14.6. The number of hydrogen-bond donors (Lipinski definition) is 0. The van der Waals surface area contributed by atoms with Crippen molar-refractivity contribution in [3.05, 3.63) is 270 Å². The first-order chi connectivity index (χ1) is 31.8. The molecule has 2 heteroatoms. The smallest absolute Gasteiger partial charge is 0.137 e. The van der Waals surface area contributed by atoms with Crippen LogP contribution in [0.5, 0.6) is 0 Å². The molecule has 10 aromatic carbocycles. The fourth-order valence-corrected chi connectivity index (χ4v) is 12.3. The zero-order valence-electron chi connectivity index (χ0n) is 34.9. The van der Waals surface area contributed by atoms with Crippen molar-refractivity contribution in [1.82, 2.24) is 0 Å². The minimum atomic E-state index is -0.667. The van der Waals surface area contributed by atoms with Gasteiger partial charge in [-0.2, -0.15) is 0 Å². The van der Waals surface area contributed by atoms with Crippen molar-refractivity contribution in [2.24, 2.45) is 0 Å². The van der Waals surface area contributed by atoms with Crippen molar-refractivity contribution >= 4 is 39.0 Å². The van der Waals surface area contributed by atoms with Gasteiger partial charge in [0.15, 0.2) is 0 Å². The molecular formula is C62H39NO.